The van der Waals surface area contributed by atoms with E-state index >= 15 is 0 Å². The smallest absolute Gasteiger partial charge is 0.0798 e. The van der Waals surface area contributed by atoms with E-state index in [4.69, 9.17) is 11.6 Å². The van der Waals surface area contributed by atoms with Crippen LogP contribution in [0.1, 0.15) is 24.2 Å². The molecule has 2 rings (SSSR count). The summed E-state index contributed by atoms with van der Waals surface area (Å²) in [5.41, 5.74) is 2.14. The molecule has 1 unspecified atom stereocenters. The van der Waals surface area contributed by atoms with Gasteiger partial charge in [-0.25, -0.2) is 0 Å². The van der Waals surface area contributed by atoms with Crippen molar-refractivity contribution in [2.24, 2.45) is 7.05 Å². The highest BCUT2D eigenvalue weighted by Crippen LogP contribution is 2.28. The predicted molar refractivity (Wildman–Crippen MR) is 75.7 cm³/mol. The van der Waals surface area contributed by atoms with Gasteiger partial charge in [-0.3, -0.25) is 4.68 Å². The van der Waals surface area contributed by atoms with Crippen molar-refractivity contribution in [3.05, 3.63) is 45.1 Å². The van der Waals surface area contributed by atoms with Crippen molar-refractivity contribution in [3.63, 3.8) is 0 Å². The van der Waals surface area contributed by atoms with Gasteiger partial charge in [-0.05, 0) is 40.2 Å². The largest absolute Gasteiger partial charge is 0.305 e. The van der Waals surface area contributed by atoms with E-state index in [0.717, 1.165) is 22.3 Å². The molecule has 1 N–H and O–H groups in total. The van der Waals surface area contributed by atoms with Crippen LogP contribution in [0.3, 0.4) is 0 Å². The Morgan fingerprint density at radius 2 is 2.28 bits per heavy atom. The number of hydrogen-bond acceptors (Lipinski definition) is 3. The molecule has 0 saturated carbocycles. The van der Waals surface area contributed by atoms with Crippen molar-refractivity contribution in [2.45, 2.75) is 13.0 Å². The van der Waals surface area contributed by atoms with Crippen molar-refractivity contribution in [1.82, 2.24) is 20.3 Å². The fraction of sp³-hybridized carbons (Fsp3) is 0.333. The summed E-state index contributed by atoms with van der Waals surface area (Å²) in [6.07, 6.45) is 1.77. The first kappa shape index (κ1) is 13.5. The number of hydrogen-bond donors (Lipinski definition) is 1. The predicted octanol–water partition coefficient (Wildman–Crippen LogP) is 2.93. The average Bonchev–Trinajstić information content (AvgIpc) is 2.76. The summed E-state index contributed by atoms with van der Waals surface area (Å²) in [4.78, 5) is 0. The molecule has 0 aliphatic carbocycles. The maximum absolute atomic E-state index is 6.02. The summed E-state index contributed by atoms with van der Waals surface area (Å²) in [6, 6.07) is 5.97. The van der Waals surface area contributed by atoms with Crippen molar-refractivity contribution in [1.29, 1.82) is 0 Å². The number of aryl methyl sites for hydroxylation is 1. The molecule has 0 fully saturated rings. The van der Waals surface area contributed by atoms with E-state index in [2.05, 4.69) is 38.5 Å². The fourth-order valence-electron chi connectivity index (χ4n) is 1.85. The molecule has 0 radical (unpaired) electrons. The molecular weight excluding hydrogens is 316 g/mol. The van der Waals surface area contributed by atoms with Crippen LogP contribution in [-0.2, 0) is 7.05 Å². The molecule has 1 aromatic heterocycles. The molecule has 18 heavy (non-hydrogen) atoms. The number of benzene rings is 1. The Morgan fingerprint density at radius 3 is 2.83 bits per heavy atom. The van der Waals surface area contributed by atoms with Crippen molar-refractivity contribution in [3.8, 4) is 0 Å². The minimum Gasteiger partial charge on any atom is -0.305 e. The summed E-state index contributed by atoms with van der Waals surface area (Å²) in [5.74, 6) is 0. The second kappa shape index (κ2) is 5.82. The third kappa shape index (κ3) is 2.74. The van der Waals surface area contributed by atoms with E-state index in [0.29, 0.717) is 5.02 Å². The van der Waals surface area contributed by atoms with Crippen LogP contribution >= 0.6 is 27.5 Å². The van der Waals surface area contributed by atoms with Gasteiger partial charge in [0.15, 0.2) is 0 Å². The quantitative estimate of drug-likeness (QED) is 0.938. The van der Waals surface area contributed by atoms with Crippen molar-refractivity contribution >= 4 is 27.5 Å². The summed E-state index contributed by atoms with van der Waals surface area (Å²) >= 11 is 9.47. The van der Waals surface area contributed by atoms with Crippen LogP contribution in [-0.4, -0.2) is 21.5 Å². The molecule has 2 aromatic rings. The number of halogens is 2. The normalized spacial score (nSPS) is 12.7. The lowest BCUT2D eigenvalue weighted by Crippen LogP contribution is -2.24. The Kier molecular flexibility index (Phi) is 4.37. The Balaban J connectivity index is 2.41. The topological polar surface area (TPSA) is 42.7 Å². The average molecular weight is 330 g/mol. The fourth-order valence-corrected chi connectivity index (χ4v) is 2.36. The van der Waals surface area contributed by atoms with Crippen LogP contribution in [0.15, 0.2) is 28.9 Å². The van der Waals surface area contributed by atoms with Crippen LogP contribution < -0.4 is 5.32 Å². The van der Waals surface area contributed by atoms with Crippen molar-refractivity contribution in [2.75, 3.05) is 6.54 Å². The number of nitrogens with zero attached hydrogens (tertiary/aromatic N) is 3. The van der Waals surface area contributed by atoms with E-state index in [9.17, 15) is 0 Å². The second-order valence-electron chi connectivity index (χ2n) is 3.95. The van der Waals surface area contributed by atoms with Gasteiger partial charge in [0.2, 0.25) is 0 Å². The number of nitrogens with one attached hydrogen (secondary N) is 1. The Hall–Kier alpha value is -0.910. The van der Waals surface area contributed by atoms with Gasteiger partial charge in [0.05, 0.1) is 23.0 Å². The lowest BCUT2D eigenvalue weighted by Gasteiger charge is -2.18. The zero-order chi connectivity index (χ0) is 13.1. The van der Waals surface area contributed by atoms with Gasteiger partial charge < -0.3 is 5.32 Å². The van der Waals surface area contributed by atoms with E-state index < -0.39 is 0 Å². The molecule has 0 amide bonds. The van der Waals surface area contributed by atoms with Crippen LogP contribution in [0.25, 0.3) is 0 Å². The Morgan fingerprint density at radius 1 is 1.50 bits per heavy atom. The third-order valence-corrected chi connectivity index (χ3v) is 3.94. The minimum atomic E-state index is 0.0589. The summed E-state index contributed by atoms with van der Waals surface area (Å²) in [7, 11) is 1.89. The molecule has 0 spiro atoms. The van der Waals surface area contributed by atoms with Gasteiger partial charge in [0.1, 0.15) is 0 Å². The van der Waals surface area contributed by atoms with Gasteiger partial charge in [-0.15, -0.1) is 5.10 Å². The third-order valence-electron chi connectivity index (χ3n) is 2.73. The lowest BCUT2D eigenvalue weighted by molar-refractivity contribution is 0.568. The van der Waals surface area contributed by atoms with E-state index in [1.54, 1.807) is 10.9 Å². The maximum atomic E-state index is 6.02. The van der Waals surface area contributed by atoms with Gasteiger partial charge in [-0.1, -0.05) is 29.8 Å². The van der Waals surface area contributed by atoms with Gasteiger partial charge >= 0.3 is 0 Å². The zero-order valence-electron chi connectivity index (χ0n) is 10.2. The summed E-state index contributed by atoms with van der Waals surface area (Å²) in [6.45, 7) is 2.93. The maximum Gasteiger partial charge on any atom is 0.0798 e. The second-order valence-corrected chi connectivity index (χ2v) is 5.21. The van der Waals surface area contributed by atoms with E-state index in [1.807, 2.05) is 25.2 Å². The first-order valence-electron chi connectivity index (χ1n) is 5.66. The molecule has 0 aliphatic heterocycles. The molecule has 96 valence electrons. The summed E-state index contributed by atoms with van der Waals surface area (Å²) in [5, 5.41) is 12.0. The molecule has 1 atom stereocenters. The zero-order valence-corrected chi connectivity index (χ0v) is 12.5. The SMILES string of the molecule is CCNC(c1ccc(Cl)c(Br)c1)c1cnnn1C. The number of aromatic nitrogens is 3. The molecule has 4 nitrogen and oxygen atoms in total. The first-order valence-corrected chi connectivity index (χ1v) is 6.83. The standard InChI is InChI=1S/C12H14BrClN4/c1-3-15-12(11-7-16-17-18(11)2)8-4-5-10(14)9(13)6-8/h4-7,12,15H,3H2,1-2H3. The monoisotopic (exact) mass is 328 g/mol. The summed E-state index contributed by atoms with van der Waals surface area (Å²) < 4.78 is 2.66. The van der Waals surface area contributed by atoms with Gasteiger partial charge in [-0.2, -0.15) is 0 Å². The molecule has 1 aromatic carbocycles. The molecule has 0 saturated heterocycles. The van der Waals surface area contributed by atoms with Crippen LogP contribution in [0.2, 0.25) is 5.02 Å². The lowest BCUT2D eigenvalue weighted by atomic mass is 10.0. The Bertz CT molecular complexity index is 541. The number of rotatable bonds is 4. The molecule has 0 bridgehead atoms. The van der Waals surface area contributed by atoms with Crippen LogP contribution in [0, 0.1) is 0 Å². The minimum absolute atomic E-state index is 0.0589. The van der Waals surface area contributed by atoms with E-state index in [-0.39, 0.29) is 6.04 Å². The van der Waals surface area contributed by atoms with E-state index in [1.165, 1.54) is 0 Å². The van der Waals surface area contributed by atoms with Crippen LogP contribution in [0.4, 0.5) is 0 Å². The molecule has 6 heteroatoms. The highest BCUT2D eigenvalue weighted by Gasteiger charge is 2.17. The Labute approximate surface area is 119 Å². The highest BCUT2D eigenvalue weighted by atomic mass is 79.9. The molecule has 0 aliphatic rings. The highest BCUT2D eigenvalue weighted by molar-refractivity contribution is 9.10. The van der Waals surface area contributed by atoms with Crippen molar-refractivity contribution < 1.29 is 0 Å². The van der Waals surface area contributed by atoms with Crippen LogP contribution in [0.5, 0.6) is 0 Å². The first-order chi connectivity index (χ1) is 8.63. The molecule has 1 heterocycles. The van der Waals surface area contributed by atoms with Gasteiger partial charge in [0.25, 0.3) is 0 Å². The van der Waals surface area contributed by atoms with Gasteiger partial charge in [0, 0.05) is 11.5 Å². The molecular formula is C12H14BrClN4.